The molecule has 3 aliphatic rings. The molecule has 2 aromatic rings. The lowest BCUT2D eigenvalue weighted by Gasteiger charge is -2.46. The van der Waals surface area contributed by atoms with Crippen molar-refractivity contribution in [1.82, 2.24) is 9.80 Å². The standard InChI is InChI=1S/C28H33FN2O3/c1-20-5-3-6-22(17-20)27(13-15-34-16-14-27)26(33)31-18-24(21-8-10-23(29)11-9-21)28(19-31)12-4-7-25(32)30(28)2/h3,5-6,8-11,17,24H,4,7,12-16,18-19H2,1-2H3/t24-,28+/m0/s1. The van der Waals surface area contributed by atoms with Crippen molar-refractivity contribution in [2.45, 2.75) is 55.9 Å². The lowest BCUT2D eigenvalue weighted by molar-refractivity contribution is -0.144. The van der Waals surface area contributed by atoms with E-state index in [1.807, 2.05) is 35.0 Å². The molecule has 5 rings (SSSR count). The molecule has 3 saturated heterocycles. The quantitative estimate of drug-likeness (QED) is 0.685. The lowest BCUT2D eigenvalue weighted by Crippen LogP contribution is -2.57. The van der Waals surface area contributed by atoms with Crippen molar-refractivity contribution in [3.63, 3.8) is 0 Å². The minimum atomic E-state index is -0.625. The summed E-state index contributed by atoms with van der Waals surface area (Å²) >= 11 is 0. The van der Waals surface area contributed by atoms with Gasteiger partial charge in [0, 0.05) is 45.7 Å². The number of amides is 2. The van der Waals surface area contributed by atoms with Gasteiger partial charge in [-0.15, -0.1) is 0 Å². The number of likely N-dealkylation sites (N-methyl/N-ethyl adjacent to an activating group) is 1. The van der Waals surface area contributed by atoms with Gasteiger partial charge in [0.15, 0.2) is 0 Å². The first-order chi connectivity index (χ1) is 16.4. The Labute approximate surface area is 200 Å². The van der Waals surface area contributed by atoms with E-state index in [1.54, 1.807) is 0 Å². The van der Waals surface area contributed by atoms with E-state index >= 15 is 0 Å². The van der Waals surface area contributed by atoms with Crippen molar-refractivity contribution in [3.05, 3.63) is 71.0 Å². The monoisotopic (exact) mass is 464 g/mol. The van der Waals surface area contributed by atoms with Crippen LogP contribution in [0.15, 0.2) is 48.5 Å². The zero-order valence-electron chi connectivity index (χ0n) is 20.1. The molecule has 34 heavy (non-hydrogen) atoms. The van der Waals surface area contributed by atoms with Crippen molar-refractivity contribution < 1.29 is 18.7 Å². The highest BCUT2D eigenvalue weighted by atomic mass is 19.1. The van der Waals surface area contributed by atoms with Crippen LogP contribution in [0.25, 0.3) is 0 Å². The molecule has 0 saturated carbocycles. The number of piperidine rings is 1. The predicted molar refractivity (Wildman–Crippen MR) is 128 cm³/mol. The van der Waals surface area contributed by atoms with Crippen LogP contribution < -0.4 is 0 Å². The largest absolute Gasteiger partial charge is 0.381 e. The summed E-state index contributed by atoms with van der Waals surface area (Å²) in [4.78, 5) is 31.1. The average molecular weight is 465 g/mol. The molecular weight excluding hydrogens is 431 g/mol. The van der Waals surface area contributed by atoms with Crippen molar-refractivity contribution >= 4 is 11.8 Å². The number of aryl methyl sites for hydroxylation is 1. The van der Waals surface area contributed by atoms with Crippen molar-refractivity contribution in [1.29, 1.82) is 0 Å². The van der Waals surface area contributed by atoms with Crippen LogP contribution in [0.3, 0.4) is 0 Å². The second-order valence-corrected chi connectivity index (χ2v) is 10.3. The van der Waals surface area contributed by atoms with E-state index in [0.29, 0.717) is 45.6 Å². The van der Waals surface area contributed by atoms with Gasteiger partial charge in [0.25, 0.3) is 0 Å². The second kappa shape index (κ2) is 8.81. The number of rotatable bonds is 3. The van der Waals surface area contributed by atoms with E-state index in [9.17, 15) is 14.0 Å². The van der Waals surface area contributed by atoms with Crippen LogP contribution in [-0.2, 0) is 19.7 Å². The Morgan fingerprint density at radius 3 is 2.53 bits per heavy atom. The van der Waals surface area contributed by atoms with Gasteiger partial charge in [-0.25, -0.2) is 4.39 Å². The molecule has 3 fully saturated rings. The molecule has 0 bridgehead atoms. The fourth-order valence-electron chi connectivity index (χ4n) is 6.47. The van der Waals surface area contributed by atoms with E-state index in [4.69, 9.17) is 4.74 Å². The second-order valence-electron chi connectivity index (χ2n) is 10.3. The minimum absolute atomic E-state index is 0.0549. The third-order valence-electron chi connectivity index (χ3n) is 8.44. The first-order valence-electron chi connectivity index (χ1n) is 12.3. The van der Waals surface area contributed by atoms with E-state index in [0.717, 1.165) is 29.5 Å². The Bertz CT molecular complexity index is 1080. The van der Waals surface area contributed by atoms with Gasteiger partial charge in [0.1, 0.15) is 5.82 Å². The van der Waals surface area contributed by atoms with Crippen LogP contribution in [0.1, 0.15) is 54.7 Å². The minimum Gasteiger partial charge on any atom is -0.381 e. The van der Waals surface area contributed by atoms with E-state index in [2.05, 4.69) is 25.1 Å². The molecular formula is C28H33FN2O3. The Hall–Kier alpha value is -2.73. The number of carbonyl (C=O) groups is 2. The van der Waals surface area contributed by atoms with Crippen molar-refractivity contribution in [2.24, 2.45) is 0 Å². The van der Waals surface area contributed by atoms with Gasteiger partial charge in [-0.3, -0.25) is 9.59 Å². The summed E-state index contributed by atoms with van der Waals surface area (Å²) in [6, 6.07) is 14.9. The van der Waals surface area contributed by atoms with Gasteiger partial charge in [-0.05, 0) is 55.9 Å². The number of halogens is 1. The summed E-state index contributed by atoms with van der Waals surface area (Å²) in [7, 11) is 1.87. The average Bonchev–Trinajstić information content (AvgIpc) is 3.23. The molecule has 2 aromatic carbocycles. The Balaban J connectivity index is 1.55. The van der Waals surface area contributed by atoms with Crippen LogP contribution in [0.5, 0.6) is 0 Å². The summed E-state index contributed by atoms with van der Waals surface area (Å²) in [5.41, 5.74) is 2.07. The highest BCUT2D eigenvalue weighted by Crippen LogP contribution is 2.48. The maximum absolute atomic E-state index is 14.4. The summed E-state index contributed by atoms with van der Waals surface area (Å²) in [6.07, 6.45) is 3.47. The third-order valence-corrected chi connectivity index (χ3v) is 8.44. The topological polar surface area (TPSA) is 49.9 Å². The Morgan fingerprint density at radius 2 is 1.82 bits per heavy atom. The third kappa shape index (κ3) is 3.72. The molecule has 3 heterocycles. The number of benzene rings is 2. The first kappa shape index (κ1) is 23.0. The molecule has 0 radical (unpaired) electrons. The van der Waals surface area contributed by atoms with Gasteiger partial charge in [-0.1, -0.05) is 42.0 Å². The summed E-state index contributed by atoms with van der Waals surface area (Å²) in [5, 5.41) is 0. The van der Waals surface area contributed by atoms with E-state index in [1.165, 1.54) is 12.1 Å². The molecule has 0 aromatic heterocycles. The van der Waals surface area contributed by atoms with E-state index < -0.39 is 11.0 Å². The number of hydrogen-bond acceptors (Lipinski definition) is 3. The maximum Gasteiger partial charge on any atom is 0.233 e. The van der Waals surface area contributed by atoms with Crippen LogP contribution in [-0.4, -0.2) is 60.5 Å². The van der Waals surface area contributed by atoms with Gasteiger partial charge in [-0.2, -0.15) is 0 Å². The fourth-order valence-corrected chi connectivity index (χ4v) is 6.47. The molecule has 5 nitrogen and oxygen atoms in total. The number of hydrogen-bond donors (Lipinski definition) is 0. The van der Waals surface area contributed by atoms with Gasteiger partial charge in [0.2, 0.25) is 11.8 Å². The fraction of sp³-hybridized carbons (Fsp3) is 0.500. The zero-order chi connectivity index (χ0) is 23.9. The zero-order valence-corrected chi connectivity index (χ0v) is 20.1. The lowest BCUT2D eigenvalue weighted by atomic mass is 9.72. The molecule has 1 spiro atoms. The normalized spacial score (nSPS) is 26.8. The molecule has 0 aliphatic carbocycles. The molecule has 180 valence electrons. The molecule has 0 unspecified atom stereocenters. The van der Waals surface area contributed by atoms with Crippen LogP contribution in [0.2, 0.25) is 0 Å². The molecule has 6 heteroatoms. The van der Waals surface area contributed by atoms with Crippen LogP contribution >= 0.6 is 0 Å². The van der Waals surface area contributed by atoms with Crippen molar-refractivity contribution in [2.75, 3.05) is 33.4 Å². The molecule has 0 N–H and O–H groups in total. The number of carbonyl (C=O) groups excluding carboxylic acids is 2. The highest BCUT2D eigenvalue weighted by Gasteiger charge is 2.56. The first-order valence-corrected chi connectivity index (χ1v) is 12.3. The van der Waals surface area contributed by atoms with E-state index in [-0.39, 0.29) is 23.5 Å². The summed E-state index contributed by atoms with van der Waals surface area (Å²) in [5.74, 6) is -0.0953. The molecule has 2 atom stereocenters. The molecule has 3 aliphatic heterocycles. The summed E-state index contributed by atoms with van der Waals surface area (Å²) < 4.78 is 19.4. The summed E-state index contributed by atoms with van der Waals surface area (Å²) in [6.45, 7) is 4.19. The van der Waals surface area contributed by atoms with Gasteiger partial charge in [0.05, 0.1) is 11.0 Å². The maximum atomic E-state index is 14.4. The Morgan fingerprint density at radius 1 is 1.09 bits per heavy atom. The highest BCUT2D eigenvalue weighted by molar-refractivity contribution is 5.89. The van der Waals surface area contributed by atoms with Crippen LogP contribution in [0.4, 0.5) is 4.39 Å². The molecule has 2 amide bonds. The Kier molecular flexibility index (Phi) is 5.96. The predicted octanol–water partition coefficient (Wildman–Crippen LogP) is 4.19. The smallest absolute Gasteiger partial charge is 0.233 e. The number of ether oxygens (including phenoxy) is 1. The van der Waals surface area contributed by atoms with Gasteiger partial charge < -0.3 is 14.5 Å². The van der Waals surface area contributed by atoms with Crippen molar-refractivity contribution in [3.8, 4) is 0 Å². The van der Waals surface area contributed by atoms with Crippen LogP contribution in [0, 0.1) is 12.7 Å². The number of likely N-dealkylation sites (tertiary alicyclic amines) is 2. The SMILES string of the molecule is Cc1cccc(C2(C(=O)N3C[C@@H](c4ccc(F)cc4)[C@@]4(CCCC(=O)N4C)C3)CCOCC2)c1. The van der Waals surface area contributed by atoms with Gasteiger partial charge >= 0.3 is 0 Å². The number of nitrogens with zero attached hydrogens (tertiary/aromatic N) is 2.